The minimum absolute atomic E-state index is 0.531. The van der Waals surface area contributed by atoms with E-state index in [1.165, 1.54) is 19.3 Å². The second-order valence-electron chi connectivity index (χ2n) is 3.54. The predicted molar refractivity (Wildman–Crippen MR) is 52.2 cm³/mol. The normalized spacial score (nSPS) is 35.7. The molecular formula is C9H14BrNO. The Balaban J connectivity index is 2.45. The molecule has 1 rings (SSSR count). The van der Waals surface area contributed by atoms with E-state index >= 15 is 0 Å². The van der Waals surface area contributed by atoms with Crippen LogP contribution in [-0.4, -0.2) is 17.5 Å². The van der Waals surface area contributed by atoms with Gasteiger partial charge in [0.15, 0.2) is 0 Å². The van der Waals surface area contributed by atoms with E-state index in [4.69, 9.17) is 0 Å². The number of carbonyl (C=O) groups excluding carboxylic acids is 1. The molecule has 1 aliphatic rings. The van der Waals surface area contributed by atoms with Crippen LogP contribution < -0.4 is 0 Å². The maximum Gasteiger partial charge on any atom is 0.234 e. The lowest BCUT2D eigenvalue weighted by molar-refractivity contribution is 0.306. The Kier molecular flexibility index (Phi) is 3.96. The molecule has 0 aromatic heterocycles. The zero-order chi connectivity index (χ0) is 8.97. The van der Waals surface area contributed by atoms with Crippen LogP contribution in [0.4, 0.5) is 0 Å². The summed E-state index contributed by atoms with van der Waals surface area (Å²) in [7, 11) is 0. The molecule has 0 aromatic carbocycles. The monoisotopic (exact) mass is 231 g/mol. The van der Waals surface area contributed by atoms with Crippen molar-refractivity contribution in [2.24, 2.45) is 16.8 Å². The highest BCUT2D eigenvalue weighted by Crippen LogP contribution is 2.34. The van der Waals surface area contributed by atoms with E-state index in [-0.39, 0.29) is 0 Å². The Morgan fingerprint density at radius 1 is 1.58 bits per heavy atom. The Bertz CT molecular complexity index is 189. The van der Waals surface area contributed by atoms with E-state index in [2.05, 4.69) is 27.8 Å². The first kappa shape index (κ1) is 9.94. The molecule has 0 amide bonds. The van der Waals surface area contributed by atoms with Crippen molar-refractivity contribution in [3.8, 4) is 0 Å². The van der Waals surface area contributed by atoms with Gasteiger partial charge in [-0.15, -0.1) is 0 Å². The van der Waals surface area contributed by atoms with Gasteiger partial charge in [-0.25, -0.2) is 9.79 Å². The fourth-order valence-electron chi connectivity index (χ4n) is 1.83. The van der Waals surface area contributed by atoms with Crippen molar-refractivity contribution in [2.75, 3.05) is 6.54 Å². The number of rotatable bonds is 2. The molecule has 1 fully saturated rings. The van der Waals surface area contributed by atoms with Crippen LogP contribution >= 0.6 is 15.9 Å². The van der Waals surface area contributed by atoms with Gasteiger partial charge in [0.05, 0.1) is 6.54 Å². The first-order valence-electron chi connectivity index (χ1n) is 4.43. The predicted octanol–water partition coefficient (Wildman–Crippen LogP) is 2.52. The molecule has 0 heterocycles. The van der Waals surface area contributed by atoms with Gasteiger partial charge < -0.3 is 0 Å². The summed E-state index contributed by atoms with van der Waals surface area (Å²) >= 11 is 3.66. The highest BCUT2D eigenvalue weighted by molar-refractivity contribution is 9.09. The Morgan fingerprint density at radius 2 is 2.33 bits per heavy atom. The third-order valence-corrected chi connectivity index (χ3v) is 4.27. The number of hydrogen-bond donors (Lipinski definition) is 0. The highest BCUT2D eigenvalue weighted by atomic mass is 79.9. The van der Waals surface area contributed by atoms with Crippen molar-refractivity contribution in [3.63, 3.8) is 0 Å². The number of alkyl halides is 1. The zero-order valence-corrected chi connectivity index (χ0v) is 8.88. The van der Waals surface area contributed by atoms with Gasteiger partial charge in [0.1, 0.15) is 0 Å². The van der Waals surface area contributed by atoms with Crippen molar-refractivity contribution in [3.05, 3.63) is 0 Å². The van der Waals surface area contributed by atoms with Crippen molar-refractivity contribution in [2.45, 2.75) is 31.0 Å². The van der Waals surface area contributed by atoms with E-state index in [1.807, 2.05) is 0 Å². The SMILES string of the molecule is CC1CCCC(CN=C=O)C1Br. The van der Waals surface area contributed by atoms with Gasteiger partial charge in [0, 0.05) is 4.83 Å². The minimum atomic E-state index is 0.531. The lowest BCUT2D eigenvalue weighted by atomic mass is 9.82. The lowest BCUT2D eigenvalue weighted by Gasteiger charge is -2.31. The lowest BCUT2D eigenvalue weighted by Crippen LogP contribution is -2.28. The maximum atomic E-state index is 9.93. The standard InChI is InChI=1S/C9H14BrNO/c1-7-3-2-4-8(9(7)10)5-11-6-12/h7-9H,2-5H2,1H3. The van der Waals surface area contributed by atoms with E-state index < -0.39 is 0 Å². The van der Waals surface area contributed by atoms with Gasteiger partial charge in [0.2, 0.25) is 6.08 Å². The summed E-state index contributed by atoms with van der Waals surface area (Å²) in [5.74, 6) is 1.25. The van der Waals surface area contributed by atoms with Crippen LogP contribution in [0.15, 0.2) is 4.99 Å². The van der Waals surface area contributed by atoms with Gasteiger partial charge in [-0.3, -0.25) is 0 Å². The summed E-state index contributed by atoms with van der Waals surface area (Å²) in [6, 6.07) is 0. The summed E-state index contributed by atoms with van der Waals surface area (Å²) < 4.78 is 0. The fraction of sp³-hybridized carbons (Fsp3) is 0.889. The summed E-state index contributed by atoms with van der Waals surface area (Å²) in [6.07, 6.45) is 5.35. The fourth-order valence-corrected chi connectivity index (χ4v) is 2.53. The zero-order valence-electron chi connectivity index (χ0n) is 7.29. The third kappa shape index (κ3) is 2.43. The first-order chi connectivity index (χ1) is 5.75. The van der Waals surface area contributed by atoms with Gasteiger partial charge in [0.25, 0.3) is 0 Å². The molecule has 0 bridgehead atoms. The van der Waals surface area contributed by atoms with Gasteiger partial charge in [-0.05, 0) is 24.7 Å². The summed E-state index contributed by atoms with van der Waals surface area (Å²) in [5.41, 5.74) is 0. The van der Waals surface area contributed by atoms with Crippen LogP contribution in [0.25, 0.3) is 0 Å². The number of aliphatic imine (C=N–C) groups is 1. The van der Waals surface area contributed by atoms with Crippen molar-refractivity contribution in [1.82, 2.24) is 0 Å². The first-order valence-corrected chi connectivity index (χ1v) is 5.35. The molecule has 1 aliphatic carbocycles. The summed E-state index contributed by atoms with van der Waals surface area (Å²) in [5, 5.41) is 0. The second-order valence-corrected chi connectivity index (χ2v) is 4.60. The molecule has 3 heteroatoms. The number of hydrogen-bond acceptors (Lipinski definition) is 2. The maximum absolute atomic E-state index is 9.93. The molecule has 68 valence electrons. The minimum Gasteiger partial charge on any atom is -0.211 e. The van der Waals surface area contributed by atoms with Crippen molar-refractivity contribution < 1.29 is 4.79 Å². The second kappa shape index (κ2) is 4.78. The molecule has 2 nitrogen and oxygen atoms in total. The quantitative estimate of drug-likeness (QED) is 0.408. The van der Waals surface area contributed by atoms with Crippen LogP contribution in [-0.2, 0) is 4.79 Å². The molecule has 0 spiro atoms. The summed E-state index contributed by atoms with van der Waals surface area (Å²) in [4.78, 5) is 14.1. The van der Waals surface area contributed by atoms with Crippen LogP contribution in [0.3, 0.4) is 0 Å². The number of nitrogens with zero attached hydrogens (tertiary/aromatic N) is 1. The molecule has 3 unspecified atom stereocenters. The molecule has 0 saturated heterocycles. The average molecular weight is 232 g/mol. The average Bonchev–Trinajstić information content (AvgIpc) is 2.08. The van der Waals surface area contributed by atoms with Crippen LogP contribution in [0.5, 0.6) is 0 Å². The highest BCUT2D eigenvalue weighted by Gasteiger charge is 2.27. The van der Waals surface area contributed by atoms with Crippen LogP contribution in [0, 0.1) is 11.8 Å². The molecule has 0 radical (unpaired) electrons. The van der Waals surface area contributed by atoms with Crippen LogP contribution in [0.1, 0.15) is 26.2 Å². The topological polar surface area (TPSA) is 29.4 Å². The van der Waals surface area contributed by atoms with E-state index in [0.717, 1.165) is 0 Å². The van der Waals surface area contributed by atoms with Gasteiger partial charge >= 0.3 is 0 Å². The van der Waals surface area contributed by atoms with E-state index in [0.29, 0.717) is 23.2 Å². The molecule has 0 N–H and O–H groups in total. The Hall–Kier alpha value is -0.140. The van der Waals surface area contributed by atoms with Crippen molar-refractivity contribution in [1.29, 1.82) is 0 Å². The van der Waals surface area contributed by atoms with E-state index in [1.54, 1.807) is 6.08 Å². The van der Waals surface area contributed by atoms with Gasteiger partial charge in [-0.2, -0.15) is 0 Å². The Morgan fingerprint density at radius 3 is 3.00 bits per heavy atom. The summed E-state index contributed by atoms with van der Waals surface area (Å²) in [6.45, 7) is 2.89. The largest absolute Gasteiger partial charge is 0.234 e. The Labute approximate surface area is 81.6 Å². The molecule has 0 aromatic rings. The number of isocyanates is 1. The van der Waals surface area contributed by atoms with Crippen LogP contribution in [0.2, 0.25) is 0 Å². The molecule has 1 saturated carbocycles. The molecule has 0 aliphatic heterocycles. The molecular weight excluding hydrogens is 218 g/mol. The molecule has 12 heavy (non-hydrogen) atoms. The third-order valence-electron chi connectivity index (χ3n) is 2.62. The van der Waals surface area contributed by atoms with Gasteiger partial charge in [-0.1, -0.05) is 29.3 Å². The number of halogens is 1. The molecule has 3 atom stereocenters. The van der Waals surface area contributed by atoms with E-state index in [9.17, 15) is 4.79 Å². The van der Waals surface area contributed by atoms with Crippen molar-refractivity contribution >= 4 is 22.0 Å². The smallest absolute Gasteiger partial charge is 0.211 e.